The Balaban J connectivity index is 1.63. The van der Waals surface area contributed by atoms with E-state index in [1.807, 2.05) is 0 Å². The molecular weight excluding hydrogens is 378 g/mol. The van der Waals surface area contributed by atoms with Gasteiger partial charge in [0.05, 0.1) is 22.5 Å². The van der Waals surface area contributed by atoms with E-state index in [-0.39, 0.29) is 22.6 Å². The van der Waals surface area contributed by atoms with Gasteiger partial charge in [-0.05, 0) is 35.9 Å². The molecule has 8 heteroatoms. The maximum absolute atomic E-state index is 14.4. The zero-order chi connectivity index (χ0) is 20.4. The molecule has 0 fully saturated rings. The van der Waals surface area contributed by atoms with Crippen molar-refractivity contribution < 1.29 is 13.6 Å². The molecule has 2 aromatic carbocycles. The molecule has 144 valence electrons. The van der Waals surface area contributed by atoms with Crippen molar-refractivity contribution in [3.63, 3.8) is 0 Å². The Morgan fingerprint density at radius 3 is 2.55 bits per heavy atom. The van der Waals surface area contributed by atoms with Crippen LogP contribution >= 0.6 is 0 Å². The molecule has 0 saturated heterocycles. The number of halogens is 2. The van der Waals surface area contributed by atoms with E-state index >= 15 is 0 Å². The molecule has 0 aliphatic rings. The Labute approximate surface area is 162 Å². The van der Waals surface area contributed by atoms with Crippen molar-refractivity contribution in [2.45, 2.75) is 0 Å². The van der Waals surface area contributed by atoms with Gasteiger partial charge in [0.15, 0.2) is 0 Å². The lowest BCUT2D eigenvalue weighted by Crippen LogP contribution is -2.15. The van der Waals surface area contributed by atoms with E-state index in [4.69, 9.17) is 0 Å². The van der Waals surface area contributed by atoms with E-state index < -0.39 is 11.7 Å². The number of amides is 1. The molecular formula is C21H14F2N4O2. The van der Waals surface area contributed by atoms with E-state index in [9.17, 15) is 18.4 Å². The van der Waals surface area contributed by atoms with Gasteiger partial charge in [0.2, 0.25) is 5.56 Å². The monoisotopic (exact) mass is 392 g/mol. The first-order chi connectivity index (χ1) is 14.0. The summed E-state index contributed by atoms with van der Waals surface area (Å²) < 4.78 is 27.4. The lowest BCUT2D eigenvalue weighted by molar-refractivity contribution is 0.102. The van der Waals surface area contributed by atoms with Gasteiger partial charge in [-0.2, -0.15) is 5.10 Å². The smallest absolute Gasteiger partial charge is 0.257 e. The fraction of sp³-hybridized carbons (Fsp3) is 0. The number of H-pyrrole nitrogens is 2. The van der Waals surface area contributed by atoms with Crippen LogP contribution in [-0.4, -0.2) is 21.1 Å². The molecule has 0 radical (unpaired) electrons. The number of carbonyl (C=O) groups excluding carboxylic acids is 1. The molecule has 4 rings (SSSR count). The van der Waals surface area contributed by atoms with Crippen molar-refractivity contribution >= 4 is 34.6 Å². The number of pyridine rings is 1. The Hall–Kier alpha value is -4.07. The fourth-order valence-electron chi connectivity index (χ4n) is 2.78. The second-order valence-electron chi connectivity index (χ2n) is 6.27. The van der Waals surface area contributed by atoms with Gasteiger partial charge in [0.25, 0.3) is 5.91 Å². The Morgan fingerprint density at radius 1 is 1.03 bits per heavy atom. The minimum absolute atomic E-state index is 0.0217. The zero-order valence-electron chi connectivity index (χ0n) is 14.9. The normalized spacial score (nSPS) is 11.2. The molecule has 0 saturated carbocycles. The number of aromatic nitrogens is 3. The first-order valence-corrected chi connectivity index (χ1v) is 8.61. The first-order valence-electron chi connectivity index (χ1n) is 8.61. The second kappa shape index (κ2) is 7.51. The number of nitrogens with one attached hydrogen (secondary N) is 3. The van der Waals surface area contributed by atoms with Gasteiger partial charge >= 0.3 is 0 Å². The largest absolute Gasteiger partial charge is 0.328 e. The lowest BCUT2D eigenvalue weighted by Gasteiger charge is -2.07. The molecule has 2 aromatic heterocycles. The molecule has 29 heavy (non-hydrogen) atoms. The summed E-state index contributed by atoms with van der Waals surface area (Å²) in [6, 6.07) is 11.2. The highest BCUT2D eigenvalue weighted by atomic mass is 19.1. The quantitative estimate of drug-likeness (QED) is 0.491. The number of benzene rings is 2. The van der Waals surface area contributed by atoms with Gasteiger partial charge < -0.3 is 10.3 Å². The second-order valence-corrected chi connectivity index (χ2v) is 6.27. The summed E-state index contributed by atoms with van der Waals surface area (Å²) in [5.41, 5.74) is 1.59. The average Bonchev–Trinajstić information content (AvgIpc) is 3.10. The van der Waals surface area contributed by atoms with Crippen LogP contribution in [0, 0.1) is 11.6 Å². The van der Waals surface area contributed by atoms with E-state index in [1.54, 1.807) is 24.3 Å². The summed E-state index contributed by atoms with van der Waals surface area (Å²) in [6.07, 6.45) is 4.71. The van der Waals surface area contributed by atoms with E-state index in [0.29, 0.717) is 16.6 Å². The third-order valence-corrected chi connectivity index (χ3v) is 4.28. The molecule has 0 unspecified atom stereocenters. The maximum atomic E-state index is 14.4. The molecule has 0 bridgehead atoms. The molecule has 6 nitrogen and oxygen atoms in total. The fourth-order valence-corrected chi connectivity index (χ4v) is 2.78. The Kier molecular flexibility index (Phi) is 4.74. The van der Waals surface area contributed by atoms with Crippen LogP contribution in [0.5, 0.6) is 0 Å². The minimum atomic E-state index is -0.631. The molecule has 2 heterocycles. The third kappa shape index (κ3) is 3.96. The van der Waals surface area contributed by atoms with Crippen LogP contribution in [-0.2, 0) is 0 Å². The van der Waals surface area contributed by atoms with Crippen molar-refractivity contribution in [1.29, 1.82) is 0 Å². The van der Waals surface area contributed by atoms with Gasteiger partial charge in [-0.15, -0.1) is 0 Å². The van der Waals surface area contributed by atoms with Gasteiger partial charge in [-0.3, -0.25) is 14.7 Å². The standard InChI is InChI=1S/C21H14F2N4O2/c22-14-5-1-12(2-6-14)3-7-17-15-9-19(16(23)10-18(15)27-26-17)25-21(29)13-4-8-20(28)24-11-13/h1-11H,(H,24,28)(H,25,29)(H,26,27)/b7-3+. The van der Waals surface area contributed by atoms with Crippen LogP contribution in [0.15, 0.2) is 59.5 Å². The highest BCUT2D eigenvalue weighted by Gasteiger charge is 2.13. The predicted molar refractivity (Wildman–Crippen MR) is 106 cm³/mol. The molecule has 0 spiro atoms. The van der Waals surface area contributed by atoms with Crippen molar-refractivity contribution in [3.8, 4) is 0 Å². The summed E-state index contributed by atoms with van der Waals surface area (Å²) in [7, 11) is 0. The van der Waals surface area contributed by atoms with Crippen LogP contribution in [0.25, 0.3) is 23.1 Å². The zero-order valence-corrected chi connectivity index (χ0v) is 14.9. The number of aromatic amines is 2. The van der Waals surface area contributed by atoms with Gasteiger partial charge in [-0.25, -0.2) is 8.78 Å². The molecule has 0 aliphatic carbocycles. The topological polar surface area (TPSA) is 90.6 Å². The van der Waals surface area contributed by atoms with Crippen molar-refractivity contribution in [2.75, 3.05) is 5.32 Å². The third-order valence-electron chi connectivity index (χ3n) is 4.28. The maximum Gasteiger partial charge on any atom is 0.257 e. The summed E-state index contributed by atoms with van der Waals surface area (Å²) >= 11 is 0. The summed E-state index contributed by atoms with van der Waals surface area (Å²) in [4.78, 5) is 25.8. The van der Waals surface area contributed by atoms with Crippen LogP contribution in [0.4, 0.5) is 14.5 Å². The molecule has 4 aromatic rings. The number of hydrogen-bond acceptors (Lipinski definition) is 3. The summed E-state index contributed by atoms with van der Waals surface area (Å²) in [6.45, 7) is 0. The lowest BCUT2D eigenvalue weighted by atomic mass is 10.1. The van der Waals surface area contributed by atoms with E-state index in [1.165, 1.54) is 42.6 Å². The molecule has 0 atom stereocenters. The van der Waals surface area contributed by atoms with Crippen LogP contribution in [0.1, 0.15) is 21.6 Å². The Bertz CT molecular complexity index is 1270. The molecule has 3 N–H and O–H groups in total. The van der Waals surface area contributed by atoms with Gasteiger partial charge in [0.1, 0.15) is 11.6 Å². The number of hydrogen-bond donors (Lipinski definition) is 3. The highest BCUT2D eigenvalue weighted by Crippen LogP contribution is 2.25. The summed E-state index contributed by atoms with van der Waals surface area (Å²) in [5, 5.41) is 9.98. The van der Waals surface area contributed by atoms with Crippen molar-refractivity contribution in [2.24, 2.45) is 0 Å². The van der Waals surface area contributed by atoms with Crippen molar-refractivity contribution in [1.82, 2.24) is 15.2 Å². The Morgan fingerprint density at radius 2 is 1.83 bits per heavy atom. The number of anilines is 1. The van der Waals surface area contributed by atoms with Gasteiger partial charge in [-0.1, -0.05) is 18.2 Å². The van der Waals surface area contributed by atoms with E-state index in [0.717, 1.165) is 5.56 Å². The number of carbonyl (C=O) groups is 1. The summed E-state index contributed by atoms with van der Waals surface area (Å²) in [5.74, 6) is -1.52. The van der Waals surface area contributed by atoms with Crippen LogP contribution in [0.2, 0.25) is 0 Å². The van der Waals surface area contributed by atoms with Gasteiger partial charge in [0, 0.05) is 23.7 Å². The average molecular weight is 392 g/mol. The number of nitrogens with zero attached hydrogens (tertiary/aromatic N) is 1. The number of fused-ring (bicyclic) bond motifs is 1. The SMILES string of the molecule is O=C(Nc1cc2c(/C=C/c3ccc(F)cc3)n[nH]c2cc1F)c1ccc(=O)[nH]c1. The minimum Gasteiger partial charge on any atom is -0.328 e. The first kappa shape index (κ1) is 18.3. The van der Waals surface area contributed by atoms with Crippen molar-refractivity contribution in [3.05, 3.63) is 93.5 Å². The highest BCUT2D eigenvalue weighted by molar-refractivity contribution is 6.05. The van der Waals surface area contributed by atoms with Crippen LogP contribution < -0.4 is 10.9 Å². The van der Waals surface area contributed by atoms with E-state index in [2.05, 4.69) is 20.5 Å². The molecule has 1 amide bonds. The number of rotatable bonds is 4. The van der Waals surface area contributed by atoms with Crippen LogP contribution in [0.3, 0.4) is 0 Å². The predicted octanol–water partition coefficient (Wildman–Crippen LogP) is 3.95. The molecule has 0 aliphatic heterocycles.